The van der Waals surface area contributed by atoms with E-state index in [1.54, 1.807) is 23.1 Å². The van der Waals surface area contributed by atoms with Crippen LogP contribution in [-0.2, 0) is 0 Å². The van der Waals surface area contributed by atoms with Gasteiger partial charge in [-0.2, -0.15) is 0 Å². The van der Waals surface area contributed by atoms with Gasteiger partial charge < -0.3 is 14.2 Å². The van der Waals surface area contributed by atoms with Crippen molar-refractivity contribution in [3.8, 4) is 0 Å². The molecule has 0 N–H and O–H groups in total. The topological polar surface area (TPSA) is 53.8 Å². The second kappa shape index (κ2) is 7.94. The Morgan fingerprint density at radius 2 is 1.97 bits per heavy atom. The summed E-state index contributed by atoms with van der Waals surface area (Å²) in [5, 5.41) is 0.843. The first-order chi connectivity index (χ1) is 13.9. The normalized spacial score (nSPS) is 16.1. The van der Waals surface area contributed by atoms with Crippen LogP contribution < -0.4 is 5.43 Å². The lowest BCUT2D eigenvalue weighted by Crippen LogP contribution is -2.32. The van der Waals surface area contributed by atoms with Crippen LogP contribution in [0.5, 0.6) is 0 Å². The van der Waals surface area contributed by atoms with Crippen molar-refractivity contribution in [1.82, 2.24) is 9.80 Å². The molecule has 0 saturated heterocycles. The smallest absolute Gasteiger partial charge is 0.290 e. The van der Waals surface area contributed by atoms with Crippen molar-refractivity contribution in [3.63, 3.8) is 0 Å². The van der Waals surface area contributed by atoms with Crippen molar-refractivity contribution in [2.75, 3.05) is 27.2 Å². The van der Waals surface area contributed by atoms with E-state index in [2.05, 4.69) is 20.8 Å². The maximum atomic E-state index is 13.4. The first kappa shape index (κ1) is 20.1. The standard InChI is InChI=1S/C22H20BrClN2O3/c1-25(2)9-4-10-26-19(13-5-3-6-14(23)11-13)18-20(27)16-12-15(24)7-8-17(16)29-21(18)22(26)28/h3,5-8,11-12,19H,4,9-10H2,1-2H3/t19-/m0/s1. The Balaban J connectivity index is 1.89. The van der Waals surface area contributed by atoms with Gasteiger partial charge in [-0.25, -0.2) is 0 Å². The van der Waals surface area contributed by atoms with Crippen molar-refractivity contribution in [1.29, 1.82) is 0 Å². The van der Waals surface area contributed by atoms with E-state index in [4.69, 9.17) is 16.0 Å². The molecule has 0 aliphatic carbocycles. The highest BCUT2D eigenvalue weighted by molar-refractivity contribution is 9.10. The Labute approximate surface area is 182 Å². The zero-order valence-corrected chi connectivity index (χ0v) is 18.5. The maximum absolute atomic E-state index is 13.4. The summed E-state index contributed by atoms with van der Waals surface area (Å²) in [6, 6.07) is 12.1. The van der Waals surface area contributed by atoms with E-state index in [1.165, 1.54) is 0 Å². The maximum Gasteiger partial charge on any atom is 0.290 e. The van der Waals surface area contributed by atoms with E-state index in [0.29, 0.717) is 28.1 Å². The predicted molar refractivity (Wildman–Crippen MR) is 118 cm³/mol. The van der Waals surface area contributed by atoms with Gasteiger partial charge in [0.1, 0.15) is 5.58 Å². The highest BCUT2D eigenvalue weighted by atomic mass is 79.9. The molecule has 0 saturated carbocycles. The minimum absolute atomic E-state index is 0.125. The van der Waals surface area contributed by atoms with Crippen molar-refractivity contribution in [2.24, 2.45) is 0 Å². The molecule has 0 spiro atoms. The van der Waals surface area contributed by atoms with Crippen LogP contribution in [0.3, 0.4) is 0 Å². The molecule has 1 aromatic heterocycles. The largest absolute Gasteiger partial charge is 0.450 e. The number of carbonyl (C=O) groups is 1. The molecule has 150 valence electrons. The predicted octanol–water partition coefficient (Wildman–Crippen LogP) is 4.71. The quantitative estimate of drug-likeness (QED) is 0.536. The Morgan fingerprint density at radius 3 is 2.69 bits per heavy atom. The lowest BCUT2D eigenvalue weighted by atomic mass is 9.98. The van der Waals surface area contributed by atoms with Gasteiger partial charge in [-0.15, -0.1) is 0 Å². The molecular weight excluding hydrogens is 456 g/mol. The lowest BCUT2D eigenvalue weighted by molar-refractivity contribution is 0.0722. The van der Waals surface area contributed by atoms with Gasteiger partial charge in [0.05, 0.1) is 17.0 Å². The van der Waals surface area contributed by atoms with Gasteiger partial charge >= 0.3 is 0 Å². The minimum atomic E-state index is -0.489. The SMILES string of the molecule is CN(C)CCCN1C(=O)c2oc3ccc(Cl)cc3c(=O)c2[C@@H]1c1cccc(Br)c1. The van der Waals surface area contributed by atoms with Gasteiger partial charge in [-0.1, -0.05) is 39.7 Å². The van der Waals surface area contributed by atoms with Gasteiger partial charge in [0, 0.05) is 16.0 Å². The number of rotatable bonds is 5. The summed E-state index contributed by atoms with van der Waals surface area (Å²) in [7, 11) is 3.99. The molecule has 3 aromatic rings. The molecule has 29 heavy (non-hydrogen) atoms. The van der Waals surface area contributed by atoms with Crippen LogP contribution in [0.25, 0.3) is 11.0 Å². The van der Waals surface area contributed by atoms with Crippen molar-refractivity contribution < 1.29 is 9.21 Å². The molecule has 1 aliphatic heterocycles. The molecule has 0 unspecified atom stereocenters. The highest BCUT2D eigenvalue weighted by Crippen LogP contribution is 2.39. The van der Waals surface area contributed by atoms with E-state index in [-0.39, 0.29) is 17.1 Å². The number of benzene rings is 2. The third kappa shape index (κ3) is 3.72. The Morgan fingerprint density at radius 1 is 1.17 bits per heavy atom. The van der Waals surface area contributed by atoms with Crippen LogP contribution in [-0.4, -0.2) is 42.9 Å². The second-order valence-corrected chi connectivity index (χ2v) is 8.78. The summed E-state index contributed by atoms with van der Waals surface area (Å²) in [4.78, 5) is 30.5. The third-order valence-corrected chi connectivity index (χ3v) is 5.82. The first-order valence-electron chi connectivity index (χ1n) is 9.34. The van der Waals surface area contributed by atoms with Crippen LogP contribution in [0.1, 0.15) is 34.1 Å². The molecular formula is C22H20BrClN2O3. The monoisotopic (exact) mass is 474 g/mol. The van der Waals surface area contributed by atoms with E-state index in [9.17, 15) is 9.59 Å². The molecule has 7 heteroatoms. The number of amides is 1. The van der Waals surface area contributed by atoms with E-state index in [1.807, 2.05) is 38.4 Å². The molecule has 2 heterocycles. The van der Waals surface area contributed by atoms with E-state index in [0.717, 1.165) is 23.0 Å². The average molecular weight is 476 g/mol. The van der Waals surface area contributed by atoms with E-state index < -0.39 is 6.04 Å². The molecule has 1 amide bonds. The van der Waals surface area contributed by atoms with Crippen LogP contribution in [0.4, 0.5) is 0 Å². The summed E-state index contributed by atoms with van der Waals surface area (Å²) >= 11 is 9.60. The zero-order valence-electron chi connectivity index (χ0n) is 16.1. The molecule has 4 rings (SSSR count). The first-order valence-corrected chi connectivity index (χ1v) is 10.5. The second-order valence-electron chi connectivity index (χ2n) is 7.43. The van der Waals surface area contributed by atoms with Gasteiger partial charge in [0.2, 0.25) is 5.76 Å². The van der Waals surface area contributed by atoms with Crippen LogP contribution in [0.15, 0.2) is 56.1 Å². The number of hydrogen-bond donors (Lipinski definition) is 0. The summed E-state index contributed by atoms with van der Waals surface area (Å²) in [6.45, 7) is 1.36. The van der Waals surface area contributed by atoms with Crippen LogP contribution in [0.2, 0.25) is 5.02 Å². The summed E-state index contributed by atoms with van der Waals surface area (Å²) in [5.41, 5.74) is 1.41. The van der Waals surface area contributed by atoms with Crippen molar-refractivity contribution in [2.45, 2.75) is 12.5 Å². The summed E-state index contributed by atoms with van der Waals surface area (Å²) < 4.78 is 6.81. The summed E-state index contributed by atoms with van der Waals surface area (Å²) in [6.07, 6.45) is 0.788. The molecule has 1 aliphatic rings. The fraction of sp³-hybridized carbons (Fsp3) is 0.273. The lowest BCUT2D eigenvalue weighted by Gasteiger charge is -2.26. The Hall–Kier alpha value is -2.15. The third-order valence-electron chi connectivity index (χ3n) is 5.10. The number of halogens is 2. The molecule has 5 nitrogen and oxygen atoms in total. The van der Waals surface area contributed by atoms with Crippen molar-refractivity contribution in [3.05, 3.63) is 79.1 Å². The van der Waals surface area contributed by atoms with Gasteiger partial charge in [0.15, 0.2) is 5.43 Å². The fourth-order valence-electron chi connectivity index (χ4n) is 3.80. The molecule has 0 bridgehead atoms. The van der Waals surface area contributed by atoms with Crippen LogP contribution >= 0.6 is 27.5 Å². The van der Waals surface area contributed by atoms with E-state index >= 15 is 0 Å². The average Bonchev–Trinajstić information content (AvgIpc) is 2.95. The minimum Gasteiger partial charge on any atom is -0.450 e. The molecule has 2 aromatic carbocycles. The van der Waals surface area contributed by atoms with Gasteiger partial charge in [0.25, 0.3) is 5.91 Å². The highest BCUT2D eigenvalue weighted by Gasteiger charge is 2.42. The fourth-order valence-corrected chi connectivity index (χ4v) is 4.39. The van der Waals surface area contributed by atoms with Crippen LogP contribution in [0, 0.1) is 0 Å². The Kier molecular flexibility index (Phi) is 5.51. The zero-order chi connectivity index (χ0) is 20.7. The molecule has 0 radical (unpaired) electrons. The molecule has 0 fully saturated rings. The number of hydrogen-bond acceptors (Lipinski definition) is 4. The van der Waals surface area contributed by atoms with Gasteiger partial charge in [-0.05, 0) is 63.0 Å². The Bertz CT molecular complexity index is 1160. The van der Waals surface area contributed by atoms with Crippen molar-refractivity contribution >= 4 is 44.4 Å². The number of fused-ring (bicyclic) bond motifs is 2. The molecule has 1 atom stereocenters. The number of nitrogens with zero attached hydrogens (tertiary/aromatic N) is 2. The number of carbonyl (C=O) groups excluding carboxylic acids is 1. The summed E-state index contributed by atoms with van der Waals surface area (Å²) in [5.74, 6) is -0.127. The van der Waals surface area contributed by atoms with Gasteiger partial charge in [-0.3, -0.25) is 9.59 Å².